The van der Waals surface area contributed by atoms with Crippen LogP contribution in [0.25, 0.3) is 0 Å². The Morgan fingerprint density at radius 3 is 2.71 bits per heavy atom. The highest BCUT2D eigenvalue weighted by molar-refractivity contribution is 6.41. The molecule has 1 N–H and O–H groups in total. The number of nitrogens with one attached hydrogen (secondary N) is 1. The highest BCUT2D eigenvalue weighted by Gasteiger charge is 2.40. The predicted octanol–water partition coefficient (Wildman–Crippen LogP) is 2.68. The lowest BCUT2D eigenvalue weighted by atomic mass is 10.1. The Kier molecular flexibility index (Phi) is 2.69. The van der Waals surface area contributed by atoms with Crippen molar-refractivity contribution < 1.29 is 0 Å². The lowest BCUT2D eigenvalue weighted by Gasteiger charge is -2.13. The van der Waals surface area contributed by atoms with Crippen LogP contribution in [0.2, 0.25) is 10.2 Å². The quantitative estimate of drug-likeness (QED) is 0.809. The SMILES string of the molecule is CNC1(Cc2cnc(Cl)c(Cl)c2)CC1. The summed E-state index contributed by atoms with van der Waals surface area (Å²) >= 11 is 11.6. The minimum Gasteiger partial charge on any atom is -0.314 e. The second-order valence-electron chi connectivity index (χ2n) is 3.82. The van der Waals surface area contributed by atoms with Crippen LogP contribution in [0, 0.1) is 0 Å². The van der Waals surface area contributed by atoms with Gasteiger partial charge in [-0.2, -0.15) is 0 Å². The second kappa shape index (κ2) is 3.69. The number of rotatable bonds is 3. The molecule has 0 aromatic carbocycles. The topological polar surface area (TPSA) is 24.9 Å². The van der Waals surface area contributed by atoms with Crippen molar-refractivity contribution in [1.82, 2.24) is 10.3 Å². The maximum atomic E-state index is 5.89. The van der Waals surface area contributed by atoms with E-state index in [-0.39, 0.29) is 0 Å². The lowest BCUT2D eigenvalue weighted by molar-refractivity contribution is 0.548. The van der Waals surface area contributed by atoms with Gasteiger partial charge in [0.15, 0.2) is 0 Å². The van der Waals surface area contributed by atoms with E-state index in [1.165, 1.54) is 12.8 Å². The summed E-state index contributed by atoms with van der Waals surface area (Å²) in [5, 5.41) is 4.25. The molecule has 1 heterocycles. The first-order valence-corrected chi connectivity index (χ1v) is 5.40. The highest BCUT2D eigenvalue weighted by Crippen LogP contribution is 2.38. The van der Waals surface area contributed by atoms with Crippen molar-refractivity contribution in [3.8, 4) is 0 Å². The van der Waals surface area contributed by atoms with Gasteiger partial charge in [0.25, 0.3) is 0 Å². The summed E-state index contributed by atoms with van der Waals surface area (Å²) < 4.78 is 0. The van der Waals surface area contributed by atoms with Crippen LogP contribution >= 0.6 is 23.2 Å². The first kappa shape index (κ1) is 10.2. The maximum Gasteiger partial charge on any atom is 0.147 e. The van der Waals surface area contributed by atoms with Gasteiger partial charge in [0.2, 0.25) is 0 Å². The molecule has 0 amide bonds. The van der Waals surface area contributed by atoms with E-state index in [1.54, 1.807) is 6.20 Å². The zero-order chi connectivity index (χ0) is 10.2. The molecule has 0 bridgehead atoms. The molecule has 1 aromatic heterocycles. The predicted molar refractivity (Wildman–Crippen MR) is 59.0 cm³/mol. The fourth-order valence-electron chi connectivity index (χ4n) is 1.61. The van der Waals surface area contributed by atoms with Gasteiger partial charge < -0.3 is 5.32 Å². The lowest BCUT2D eigenvalue weighted by Crippen LogP contribution is -2.29. The molecule has 0 atom stereocenters. The highest BCUT2D eigenvalue weighted by atomic mass is 35.5. The number of nitrogens with zero attached hydrogens (tertiary/aromatic N) is 1. The standard InChI is InChI=1S/C10H12Cl2N2/c1-13-10(2-3-10)5-7-4-8(11)9(12)14-6-7/h4,6,13H,2-3,5H2,1H3. The van der Waals surface area contributed by atoms with Crippen molar-refractivity contribution in [2.24, 2.45) is 0 Å². The molecule has 76 valence electrons. The summed E-state index contributed by atoms with van der Waals surface area (Å²) in [4.78, 5) is 4.03. The molecule has 0 aliphatic heterocycles. The number of hydrogen-bond donors (Lipinski definition) is 1. The van der Waals surface area contributed by atoms with Crippen LogP contribution in [0.5, 0.6) is 0 Å². The number of pyridine rings is 1. The fourth-order valence-corrected chi connectivity index (χ4v) is 1.91. The summed E-state index contributed by atoms with van der Waals surface area (Å²) in [6, 6.07) is 1.90. The van der Waals surface area contributed by atoms with Gasteiger partial charge in [-0.1, -0.05) is 23.2 Å². The summed E-state index contributed by atoms with van der Waals surface area (Å²) in [6.07, 6.45) is 5.23. The van der Waals surface area contributed by atoms with E-state index in [0.29, 0.717) is 15.7 Å². The van der Waals surface area contributed by atoms with E-state index in [1.807, 2.05) is 13.1 Å². The van der Waals surface area contributed by atoms with Crippen molar-refractivity contribution in [2.75, 3.05) is 7.05 Å². The Bertz CT molecular complexity index is 348. The average Bonchev–Trinajstić information content (AvgIpc) is 2.93. The summed E-state index contributed by atoms with van der Waals surface area (Å²) in [6.45, 7) is 0. The normalized spacial score (nSPS) is 18.2. The van der Waals surface area contributed by atoms with Gasteiger partial charge in [0.1, 0.15) is 5.15 Å². The second-order valence-corrected chi connectivity index (χ2v) is 4.59. The molecule has 1 aliphatic carbocycles. The molecule has 2 rings (SSSR count). The summed E-state index contributed by atoms with van der Waals surface area (Å²) in [7, 11) is 2.00. The molecule has 1 aromatic rings. The Morgan fingerprint density at radius 1 is 1.50 bits per heavy atom. The zero-order valence-electron chi connectivity index (χ0n) is 7.98. The van der Waals surface area contributed by atoms with Crippen LogP contribution in [0.4, 0.5) is 0 Å². The monoisotopic (exact) mass is 230 g/mol. The van der Waals surface area contributed by atoms with Gasteiger partial charge in [-0.25, -0.2) is 4.98 Å². The van der Waals surface area contributed by atoms with Gasteiger partial charge in [0.05, 0.1) is 5.02 Å². The van der Waals surface area contributed by atoms with Gasteiger partial charge >= 0.3 is 0 Å². The fraction of sp³-hybridized carbons (Fsp3) is 0.500. The Morgan fingerprint density at radius 2 is 2.21 bits per heavy atom. The number of hydrogen-bond acceptors (Lipinski definition) is 2. The van der Waals surface area contributed by atoms with Crippen molar-refractivity contribution in [3.05, 3.63) is 28.0 Å². The van der Waals surface area contributed by atoms with Crippen LogP contribution in [0.3, 0.4) is 0 Å². The summed E-state index contributed by atoms with van der Waals surface area (Å²) in [5.41, 5.74) is 1.44. The molecular formula is C10H12Cl2N2. The Labute approximate surface area is 93.6 Å². The van der Waals surface area contributed by atoms with Crippen molar-refractivity contribution in [1.29, 1.82) is 0 Å². The maximum absolute atomic E-state index is 5.89. The number of aromatic nitrogens is 1. The van der Waals surface area contributed by atoms with E-state index < -0.39 is 0 Å². The third kappa shape index (κ3) is 2.02. The first-order valence-electron chi connectivity index (χ1n) is 4.64. The van der Waals surface area contributed by atoms with Crippen LogP contribution in [0.15, 0.2) is 12.3 Å². The molecule has 0 unspecified atom stereocenters. The third-order valence-electron chi connectivity index (χ3n) is 2.78. The van der Waals surface area contributed by atoms with Crippen LogP contribution < -0.4 is 5.32 Å². The van der Waals surface area contributed by atoms with Crippen molar-refractivity contribution in [2.45, 2.75) is 24.8 Å². The average molecular weight is 231 g/mol. The van der Waals surface area contributed by atoms with Crippen molar-refractivity contribution in [3.63, 3.8) is 0 Å². The Balaban J connectivity index is 2.14. The molecule has 1 aliphatic rings. The van der Waals surface area contributed by atoms with Crippen LogP contribution in [0.1, 0.15) is 18.4 Å². The van der Waals surface area contributed by atoms with Gasteiger partial charge in [-0.15, -0.1) is 0 Å². The van der Waals surface area contributed by atoms with E-state index in [4.69, 9.17) is 23.2 Å². The Hall–Kier alpha value is -0.310. The van der Waals surface area contributed by atoms with Gasteiger partial charge in [0, 0.05) is 11.7 Å². The molecule has 1 saturated carbocycles. The number of likely N-dealkylation sites (N-methyl/N-ethyl adjacent to an activating group) is 1. The van der Waals surface area contributed by atoms with E-state index >= 15 is 0 Å². The molecular weight excluding hydrogens is 219 g/mol. The van der Waals surface area contributed by atoms with Crippen LogP contribution in [-0.4, -0.2) is 17.6 Å². The summed E-state index contributed by atoms with van der Waals surface area (Å²) in [5.74, 6) is 0. The minimum absolute atomic E-state index is 0.291. The third-order valence-corrected chi connectivity index (χ3v) is 3.47. The molecule has 14 heavy (non-hydrogen) atoms. The molecule has 0 spiro atoms. The molecule has 0 radical (unpaired) electrons. The molecule has 2 nitrogen and oxygen atoms in total. The van der Waals surface area contributed by atoms with Crippen LogP contribution in [-0.2, 0) is 6.42 Å². The minimum atomic E-state index is 0.291. The van der Waals surface area contributed by atoms with E-state index in [0.717, 1.165) is 12.0 Å². The number of halogens is 2. The van der Waals surface area contributed by atoms with E-state index in [9.17, 15) is 0 Å². The molecule has 0 saturated heterocycles. The van der Waals surface area contributed by atoms with E-state index in [2.05, 4.69) is 10.3 Å². The largest absolute Gasteiger partial charge is 0.314 e. The van der Waals surface area contributed by atoms with Gasteiger partial charge in [-0.05, 0) is 37.9 Å². The molecule has 1 fully saturated rings. The van der Waals surface area contributed by atoms with Gasteiger partial charge in [-0.3, -0.25) is 0 Å². The molecule has 4 heteroatoms. The zero-order valence-corrected chi connectivity index (χ0v) is 9.49. The first-order chi connectivity index (χ1) is 6.65. The smallest absolute Gasteiger partial charge is 0.147 e. The van der Waals surface area contributed by atoms with Crippen molar-refractivity contribution >= 4 is 23.2 Å².